The van der Waals surface area contributed by atoms with Gasteiger partial charge in [0.15, 0.2) is 6.29 Å². The van der Waals surface area contributed by atoms with Crippen LogP contribution in [0.3, 0.4) is 0 Å². The normalized spacial score (nSPS) is 11.9. The van der Waals surface area contributed by atoms with Gasteiger partial charge in [-0.3, -0.25) is 4.79 Å². The van der Waals surface area contributed by atoms with Gasteiger partial charge >= 0.3 is 5.97 Å². The number of esters is 1. The summed E-state index contributed by atoms with van der Waals surface area (Å²) in [6, 6.07) is 0. The molecule has 0 fully saturated rings. The van der Waals surface area contributed by atoms with Gasteiger partial charge in [-0.05, 0) is 77.0 Å². The largest absolute Gasteiger partial charge is 0.466 e. The third-order valence-electron chi connectivity index (χ3n) is 5.30. The van der Waals surface area contributed by atoms with Crippen molar-refractivity contribution in [2.75, 3.05) is 25.2 Å². The van der Waals surface area contributed by atoms with Gasteiger partial charge in [0.1, 0.15) is 0 Å². The average Bonchev–Trinajstić information content (AvgIpc) is 2.81. The lowest BCUT2D eigenvalue weighted by Gasteiger charge is -2.18. The van der Waals surface area contributed by atoms with E-state index in [2.05, 4.69) is 54.1 Å². The fraction of sp³-hybridized carbons (Fsp3) is 0.821. The van der Waals surface area contributed by atoms with E-state index in [9.17, 15) is 4.79 Å². The smallest absolute Gasteiger partial charge is 0.305 e. The number of hydrogen-bond acceptors (Lipinski definition) is 4. The molecule has 0 aliphatic carbocycles. The Bertz CT molecular complexity index is 441. The van der Waals surface area contributed by atoms with Crippen molar-refractivity contribution < 1.29 is 19.0 Å². The summed E-state index contributed by atoms with van der Waals surface area (Å²) >= 11 is 3.45. The maximum atomic E-state index is 12.0. The van der Waals surface area contributed by atoms with Crippen LogP contribution in [0.4, 0.5) is 0 Å². The Morgan fingerprint density at radius 2 is 1.24 bits per heavy atom. The van der Waals surface area contributed by atoms with Crippen LogP contribution in [-0.2, 0) is 19.0 Å². The lowest BCUT2D eigenvalue weighted by molar-refractivity contribution is -0.152. The van der Waals surface area contributed by atoms with E-state index >= 15 is 0 Å². The third kappa shape index (κ3) is 25.8. The number of allylic oxidation sites excluding steroid dienone is 4. The van der Waals surface area contributed by atoms with Crippen LogP contribution in [-0.4, -0.2) is 37.4 Å². The van der Waals surface area contributed by atoms with Crippen molar-refractivity contribution in [3.05, 3.63) is 24.3 Å². The van der Waals surface area contributed by atoms with Gasteiger partial charge < -0.3 is 14.2 Å². The van der Waals surface area contributed by atoms with Crippen molar-refractivity contribution in [1.29, 1.82) is 0 Å². The Hall–Kier alpha value is -0.650. The molecule has 0 saturated carbocycles. The summed E-state index contributed by atoms with van der Waals surface area (Å²) in [6.07, 6.45) is 25.1. The van der Waals surface area contributed by atoms with Gasteiger partial charge in [-0.15, -0.1) is 0 Å². The molecule has 0 aliphatic rings. The molecule has 0 atom stereocenters. The Morgan fingerprint density at radius 3 is 1.82 bits per heavy atom. The van der Waals surface area contributed by atoms with Crippen LogP contribution in [0.2, 0.25) is 0 Å². The van der Waals surface area contributed by atoms with Gasteiger partial charge in [-0.1, -0.05) is 73.3 Å². The monoisotopic (exact) mass is 530 g/mol. The maximum absolute atomic E-state index is 12.0. The highest BCUT2D eigenvalue weighted by atomic mass is 79.9. The minimum Gasteiger partial charge on any atom is -0.466 e. The molecular weight excluding hydrogens is 480 g/mol. The highest BCUT2D eigenvalue weighted by Gasteiger charge is 2.11. The van der Waals surface area contributed by atoms with Crippen molar-refractivity contribution >= 4 is 21.9 Å². The molecule has 194 valence electrons. The molecule has 0 aromatic carbocycles. The third-order valence-corrected chi connectivity index (χ3v) is 5.86. The molecule has 0 amide bonds. The molecule has 0 rings (SSSR count). The van der Waals surface area contributed by atoms with Crippen molar-refractivity contribution in [3.63, 3.8) is 0 Å². The van der Waals surface area contributed by atoms with Crippen LogP contribution in [0.1, 0.15) is 117 Å². The Kier molecular flexibility index (Phi) is 27.0. The average molecular weight is 532 g/mol. The Morgan fingerprint density at radius 1 is 0.697 bits per heavy atom. The predicted molar refractivity (Wildman–Crippen MR) is 144 cm³/mol. The van der Waals surface area contributed by atoms with Gasteiger partial charge in [0.05, 0.1) is 6.61 Å². The van der Waals surface area contributed by atoms with Gasteiger partial charge in [0, 0.05) is 25.0 Å². The van der Waals surface area contributed by atoms with Crippen LogP contribution in [0, 0.1) is 0 Å². The number of carbonyl (C=O) groups excluding carboxylic acids is 1. The van der Waals surface area contributed by atoms with E-state index in [1.54, 1.807) is 0 Å². The fourth-order valence-corrected chi connectivity index (χ4v) is 3.74. The summed E-state index contributed by atoms with van der Waals surface area (Å²) in [4.78, 5) is 12.0. The second-order valence-corrected chi connectivity index (χ2v) is 9.28. The molecular formula is C28H51BrO4. The van der Waals surface area contributed by atoms with E-state index in [0.717, 1.165) is 82.4 Å². The molecule has 5 heteroatoms. The van der Waals surface area contributed by atoms with Crippen LogP contribution < -0.4 is 0 Å². The van der Waals surface area contributed by atoms with E-state index in [0.29, 0.717) is 26.2 Å². The molecule has 0 aliphatic heterocycles. The molecule has 0 radical (unpaired) electrons. The quantitative estimate of drug-likeness (QED) is 0.0389. The second kappa shape index (κ2) is 27.6. The van der Waals surface area contributed by atoms with Crippen molar-refractivity contribution in [1.82, 2.24) is 0 Å². The SMILES string of the molecule is CC/C=C\CCCCOC(CCCC(=O)OCCCCCCCBr)OCCCC/C=C\CC. The maximum Gasteiger partial charge on any atom is 0.305 e. The highest BCUT2D eigenvalue weighted by Crippen LogP contribution is 2.12. The van der Waals surface area contributed by atoms with Crippen molar-refractivity contribution in [3.8, 4) is 0 Å². The molecule has 0 saturated heterocycles. The fourth-order valence-electron chi connectivity index (χ4n) is 3.34. The van der Waals surface area contributed by atoms with Crippen LogP contribution in [0.15, 0.2) is 24.3 Å². The van der Waals surface area contributed by atoms with Crippen LogP contribution >= 0.6 is 15.9 Å². The van der Waals surface area contributed by atoms with Gasteiger partial charge in [-0.2, -0.15) is 0 Å². The summed E-state index contributed by atoms with van der Waals surface area (Å²) < 4.78 is 17.4. The van der Waals surface area contributed by atoms with E-state index < -0.39 is 0 Å². The molecule has 0 heterocycles. The number of halogens is 1. The number of rotatable bonds is 25. The van der Waals surface area contributed by atoms with Gasteiger partial charge in [0.25, 0.3) is 0 Å². The zero-order valence-electron chi connectivity index (χ0n) is 21.5. The first kappa shape index (κ1) is 32.4. The van der Waals surface area contributed by atoms with Crippen LogP contribution in [0.25, 0.3) is 0 Å². The van der Waals surface area contributed by atoms with E-state index in [1.165, 1.54) is 19.3 Å². The lowest BCUT2D eigenvalue weighted by atomic mass is 10.2. The summed E-state index contributed by atoms with van der Waals surface area (Å²) in [5.41, 5.74) is 0. The Balaban J connectivity index is 4.02. The highest BCUT2D eigenvalue weighted by molar-refractivity contribution is 9.09. The molecule has 33 heavy (non-hydrogen) atoms. The molecule has 0 spiro atoms. The first-order chi connectivity index (χ1) is 16.2. The molecule has 0 unspecified atom stereocenters. The van der Waals surface area contributed by atoms with Crippen molar-refractivity contribution in [2.24, 2.45) is 0 Å². The van der Waals surface area contributed by atoms with Gasteiger partial charge in [0.2, 0.25) is 0 Å². The summed E-state index contributed by atoms with van der Waals surface area (Å²) in [7, 11) is 0. The number of alkyl halides is 1. The standard InChI is InChI=1S/C28H51BrO4/c1-3-5-7-9-13-18-25-32-28(33-26-19-14-10-8-6-4-2)22-20-21-27(30)31-24-17-15-11-12-16-23-29/h5-8,28H,3-4,9-26H2,1-2H3/b7-5-,8-6-. The summed E-state index contributed by atoms with van der Waals surface area (Å²) in [5.74, 6) is -0.0976. The van der Waals surface area contributed by atoms with E-state index in [4.69, 9.17) is 14.2 Å². The predicted octanol–water partition coefficient (Wildman–Crippen LogP) is 8.68. The number of carbonyl (C=O) groups is 1. The summed E-state index contributed by atoms with van der Waals surface area (Å²) in [5, 5.41) is 1.07. The molecule has 0 N–H and O–H groups in total. The minimum absolute atomic E-state index is 0.0976. The molecule has 0 bridgehead atoms. The summed E-state index contributed by atoms with van der Waals surface area (Å²) in [6.45, 7) is 6.28. The zero-order chi connectivity index (χ0) is 24.2. The zero-order valence-corrected chi connectivity index (χ0v) is 23.1. The van der Waals surface area contributed by atoms with Gasteiger partial charge in [-0.25, -0.2) is 0 Å². The molecule has 4 nitrogen and oxygen atoms in total. The van der Waals surface area contributed by atoms with E-state index in [1.807, 2.05) is 0 Å². The Labute approximate surface area is 213 Å². The number of unbranched alkanes of at least 4 members (excludes halogenated alkanes) is 8. The first-order valence-electron chi connectivity index (χ1n) is 13.5. The van der Waals surface area contributed by atoms with E-state index in [-0.39, 0.29) is 12.3 Å². The molecule has 0 aromatic heterocycles. The van der Waals surface area contributed by atoms with Crippen molar-refractivity contribution in [2.45, 2.75) is 123 Å². The number of ether oxygens (including phenoxy) is 3. The minimum atomic E-state index is -0.218. The second-order valence-electron chi connectivity index (χ2n) is 8.49. The van der Waals surface area contributed by atoms with Crippen LogP contribution in [0.5, 0.6) is 0 Å². The number of hydrogen-bond donors (Lipinski definition) is 0. The lowest BCUT2D eigenvalue weighted by Crippen LogP contribution is -2.19. The molecule has 0 aromatic rings. The topological polar surface area (TPSA) is 44.8 Å². The first-order valence-corrected chi connectivity index (χ1v) is 14.6.